The highest BCUT2D eigenvalue weighted by Gasteiger charge is 2.43. The standard InChI is InChI=1S/C22H18O8/c1-3-5-9-11(23)7-13(25)15(19(9)27)17-21(29)18(22(17)30)16-14(26)8-12(24)10(6-4-2)20(16)28/h3-4,7-8,23-25,27-29H,1-2,5-6H2. The van der Waals surface area contributed by atoms with Crippen molar-refractivity contribution in [3.63, 3.8) is 0 Å². The van der Waals surface area contributed by atoms with Gasteiger partial charge in [0.05, 0.1) is 22.3 Å². The number of aliphatic hydroxyl groups is 3. The molecule has 0 bridgehead atoms. The molecule has 0 saturated carbocycles. The first-order chi connectivity index (χ1) is 14.1. The lowest BCUT2D eigenvalue weighted by Gasteiger charge is -2.27. The molecular weight excluding hydrogens is 392 g/mol. The Kier molecular flexibility index (Phi) is 5.01. The summed E-state index contributed by atoms with van der Waals surface area (Å²) in [6.45, 7) is 6.98. The van der Waals surface area contributed by atoms with Crippen molar-refractivity contribution in [3.8, 4) is 17.2 Å². The van der Waals surface area contributed by atoms with Gasteiger partial charge >= 0.3 is 0 Å². The van der Waals surface area contributed by atoms with Crippen LogP contribution in [-0.4, -0.2) is 42.2 Å². The Labute approximate surface area is 170 Å². The summed E-state index contributed by atoms with van der Waals surface area (Å²) in [6.07, 6.45) is 3.55. The van der Waals surface area contributed by atoms with E-state index < -0.39 is 68.4 Å². The van der Waals surface area contributed by atoms with Gasteiger partial charge in [0, 0.05) is 23.3 Å². The van der Waals surface area contributed by atoms with Crippen LogP contribution in [0, 0.1) is 0 Å². The van der Waals surface area contributed by atoms with E-state index in [0.29, 0.717) is 0 Å². The molecule has 0 fully saturated rings. The van der Waals surface area contributed by atoms with Gasteiger partial charge in [-0.1, -0.05) is 12.2 Å². The Hall–Kier alpha value is -4.20. The second-order valence-electron chi connectivity index (χ2n) is 6.63. The Balaban J connectivity index is 2.25. The maximum atomic E-state index is 12.8. The topological polar surface area (TPSA) is 156 Å². The Morgan fingerprint density at radius 1 is 0.800 bits per heavy atom. The summed E-state index contributed by atoms with van der Waals surface area (Å²) in [5.74, 6) is -5.46. The van der Waals surface area contributed by atoms with Crippen molar-refractivity contribution in [2.45, 2.75) is 12.8 Å². The second-order valence-corrected chi connectivity index (χ2v) is 6.63. The van der Waals surface area contributed by atoms with Crippen LogP contribution in [0.4, 0.5) is 0 Å². The number of aromatic hydroxyl groups is 3. The van der Waals surface area contributed by atoms with Gasteiger partial charge in [-0.15, -0.1) is 13.2 Å². The Morgan fingerprint density at radius 2 is 1.43 bits per heavy atom. The van der Waals surface area contributed by atoms with Gasteiger partial charge in [-0.3, -0.25) is 9.59 Å². The van der Waals surface area contributed by atoms with Crippen LogP contribution in [0.2, 0.25) is 0 Å². The van der Waals surface area contributed by atoms with E-state index in [2.05, 4.69) is 13.2 Å². The summed E-state index contributed by atoms with van der Waals surface area (Å²) in [7, 11) is 0. The van der Waals surface area contributed by atoms with Crippen molar-refractivity contribution in [1.29, 1.82) is 0 Å². The van der Waals surface area contributed by atoms with Gasteiger partial charge in [-0.05, 0) is 12.8 Å². The summed E-state index contributed by atoms with van der Waals surface area (Å²) in [5.41, 5.74) is -2.01. The van der Waals surface area contributed by atoms with Crippen LogP contribution < -0.4 is 0 Å². The van der Waals surface area contributed by atoms with Gasteiger partial charge in [-0.25, -0.2) is 0 Å². The number of benzene rings is 1. The van der Waals surface area contributed by atoms with Gasteiger partial charge in [0.25, 0.3) is 0 Å². The van der Waals surface area contributed by atoms with Crippen LogP contribution in [0.1, 0.15) is 17.5 Å². The van der Waals surface area contributed by atoms with Crippen molar-refractivity contribution in [2.75, 3.05) is 0 Å². The van der Waals surface area contributed by atoms with E-state index in [0.717, 1.165) is 12.1 Å². The van der Waals surface area contributed by atoms with Crippen LogP contribution in [0.25, 0.3) is 5.57 Å². The van der Waals surface area contributed by atoms with E-state index in [1.807, 2.05) is 0 Å². The molecule has 0 amide bonds. The highest BCUT2D eigenvalue weighted by molar-refractivity contribution is 6.42. The molecule has 0 heterocycles. The lowest BCUT2D eigenvalue weighted by atomic mass is 9.77. The number of Topliss-reactive ketones (excluding diaryl/α,β-unsaturated/α-hetero) is 1. The number of hydrogen-bond acceptors (Lipinski definition) is 8. The molecule has 0 spiro atoms. The summed E-state index contributed by atoms with van der Waals surface area (Å²) < 4.78 is 0. The molecule has 2 aliphatic rings. The molecule has 1 aromatic rings. The monoisotopic (exact) mass is 410 g/mol. The number of carbonyl (C=O) groups is 2. The number of phenols is 3. The minimum Gasteiger partial charge on any atom is -0.507 e. The van der Waals surface area contributed by atoms with E-state index in [1.165, 1.54) is 12.2 Å². The fourth-order valence-corrected chi connectivity index (χ4v) is 3.40. The lowest BCUT2D eigenvalue weighted by Crippen LogP contribution is -2.27. The van der Waals surface area contributed by atoms with E-state index in [-0.39, 0.29) is 24.0 Å². The SMILES string of the molecule is C=CCC1=C(O)C(=C2C(=O)C(c3c(O)cc(O)c(CC=C)c3O)=C2O)C(=O)C=C1O. The first-order valence-corrected chi connectivity index (χ1v) is 8.74. The first-order valence-electron chi connectivity index (χ1n) is 8.74. The number of carbonyl (C=O) groups excluding carboxylic acids is 2. The third-order valence-electron chi connectivity index (χ3n) is 4.83. The van der Waals surface area contributed by atoms with Gasteiger partial charge in [-0.2, -0.15) is 0 Å². The van der Waals surface area contributed by atoms with E-state index >= 15 is 0 Å². The smallest absolute Gasteiger partial charge is 0.202 e. The molecule has 0 aliphatic heterocycles. The average molecular weight is 410 g/mol. The molecule has 154 valence electrons. The molecule has 6 N–H and O–H groups in total. The molecule has 8 heteroatoms. The largest absolute Gasteiger partial charge is 0.507 e. The summed E-state index contributed by atoms with van der Waals surface area (Å²) in [4.78, 5) is 25.1. The van der Waals surface area contributed by atoms with Crippen molar-refractivity contribution < 1.29 is 40.2 Å². The third kappa shape index (κ3) is 2.86. The van der Waals surface area contributed by atoms with Crippen LogP contribution in [-0.2, 0) is 16.0 Å². The molecule has 0 atom stereocenters. The van der Waals surface area contributed by atoms with Gasteiger partial charge in [0.15, 0.2) is 5.78 Å². The zero-order valence-corrected chi connectivity index (χ0v) is 15.6. The zero-order chi connectivity index (χ0) is 22.3. The second kappa shape index (κ2) is 7.32. The van der Waals surface area contributed by atoms with Gasteiger partial charge < -0.3 is 30.6 Å². The summed E-state index contributed by atoms with van der Waals surface area (Å²) in [5, 5.41) is 61.3. The molecule has 2 aliphatic carbocycles. The number of rotatable bonds is 5. The molecular formula is C22H18O8. The van der Waals surface area contributed by atoms with Gasteiger partial charge in [0.2, 0.25) is 5.78 Å². The number of allylic oxidation sites excluding steroid dienone is 7. The molecule has 30 heavy (non-hydrogen) atoms. The average Bonchev–Trinajstić information content (AvgIpc) is 2.68. The normalized spacial score (nSPS) is 19.0. The number of ketones is 2. The minimum atomic E-state index is -0.920. The quantitative estimate of drug-likeness (QED) is 0.319. The molecule has 0 radical (unpaired) electrons. The van der Waals surface area contributed by atoms with Crippen LogP contribution >= 0.6 is 0 Å². The van der Waals surface area contributed by atoms with E-state index in [1.54, 1.807) is 0 Å². The first kappa shape index (κ1) is 20.5. The lowest BCUT2D eigenvalue weighted by molar-refractivity contribution is -0.114. The maximum Gasteiger partial charge on any atom is 0.202 e. The Morgan fingerprint density at radius 3 is 2.00 bits per heavy atom. The van der Waals surface area contributed by atoms with Crippen LogP contribution in [0.5, 0.6) is 17.2 Å². The fraction of sp³-hybridized carbons (Fsp3) is 0.0909. The zero-order valence-electron chi connectivity index (χ0n) is 15.6. The highest BCUT2D eigenvalue weighted by atomic mass is 16.3. The highest BCUT2D eigenvalue weighted by Crippen LogP contribution is 2.49. The fourth-order valence-electron chi connectivity index (χ4n) is 3.40. The molecule has 0 unspecified atom stereocenters. The maximum absolute atomic E-state index is 12.8. The Bertz CT molecular complexity index is 1160. The number of phenolic OH excluding ortho intramolecular Hbond substituents is 3. The van der Waals surface area contributed by atoms with E-state index in [4.69, 9.17) is 0 Å². The summed E-state index contributed by atoms with van der Waals surface area (Å²) >= 11 is 0. The predicted octanol–water partition coefficient (Wildman–Crippen LogP) is 3.09. The van der Waals surface area contributed by atoms with Crippen LogP contribution in [0.15, 0.2) is 71.4 Å². The number of aliphatic hydroxyl groups excluding tert-OH is 3. The third-order valence-corrected chi connectivity index (χ3v) is 4.83. The molecule has 0 saturated heterocycles. The van der Waals surface area contributed by atoms with Crippen molar-refractivity contribution >= 4 is 17.1 Å². The number of hydrogen-bond donors (Lipinski definition) is 6. The molecule has 0 aromatic heterocycles. The molecule has 3 rings (SSSR count). The van der Waals surface area contributed by atoms with Crippen molar-refractivity contribution in [2.24, 2.45) is 0 Å². The van der Waals surface area contributed by atoms with Crippen molar-refractivity contribution in [1.82, 2.24) is 0 Å². The molecule has 1 aromatic carbocycles. The van der Waals surface area contributed by atoms with Crippen molar-refractivity contribution in [3.05, 3.63) is 82.6 Å². The van der Waals surface area contributed by atoms with Gasteiger partial charge in [0.1, 0.15) is 34.5 Å². The predicted molar refractivity (Wildman–Crippen MR) is 107 cm³/mol. The molecule has 8 nitrogen and oxygen atoms in total. The minimum absolute atomic E-state index is 0.00575. The summed E-state index contributed by atoms with van der Waals surface area (Å²) in [6, 6.07) is 0.901. The van der Waals surface area contributed by atoms with Crippen LogP contribution in [0.3, 0.4) is 0 Å². The van der Waals surface area contributed by atoms with E-state index in [9.17, 15) is 40.2 Å².